The average molecular weight is 371 g/mol. The lowest BCUT2D eigenvalue weighted by Gasteiger charge is -2.02. The van der Waals surface area contributed by atoms with Gasteiger partial charge in [0.25, 0.3) is 0 Å². The molecule has 1 aliphatic heterocycles. The molecule has 1 amide bonds. The van der Waals surface area contributed by atoms with Crippen molar-refractivity contribution in [2.24, 2.45) is 5.73 Å². The lowest BCUT2D eigenvalue weighted by molar-refractivity contribution is -0.139. The van der Waals surface area contributed by atoms with Crippen molar-refractivity contribution in [3.05, 3.63) is 0 Å². The molecule has 0 saturated carbocycles. The normalized spacial score (nSPS) is 16.1. The summed E-state index contributed by atoms with van der Waals surface area (Å²) >= 11 is 0. The third kappa shape index (κ3) is 17.7. The molecule has 1 heterocycles. The Labute approximate surface area is 160 Å². The summed E-state index contributed by atoms with van der Waals surface area (Å²) in [6.07, 6.45) is 19.7. The van der Waals surface area contributed by atoms with Gasteiger partial charge < -0.3 is 16.2 Å². The molecule has 4 N–H and O–H groups in total. The third-order valence-electron chi connectivity index (χ3n) is 4.89. The van der Waals surface area contributed by atoms with E-state index in [2.05, 4.69) is 12.2 Å². The van der Waals surface area contributed by atoms with Crippen LogP contribution in [0.3, 0.4) is 0 Å². The molecule has 5 nitrogen and oxygen atoms in total. The van der Waals surface area contributed by atoms with E-state index in [1.807, 2.05) is 0 Å². The van der Waals surface area contributed by atoms with E-state index in [4.69, 9.17) is 10.8 Å². The van der Waals surface area contributed by atoms with Gasteiger partial charge in [-0.05, 0) is 25.8 Å². The number of carbonyl (C=O) groups is 2. The van der Waals surface area contributed by atoms with Crippen LogP contribution in [0.1, 0.15) is 110 Å². The van der Waals surface area contributed by atoms with E-state index in [9.17, 15) is 9.59 Å². The second-order valence-corrected chi connectivity index (χ2v) is 7.45. The molecular formula is C21H42N2O3. The largest absolute Gasteiger partial charge is 0.480 e. The average Bonchev–Trinajstić information content (AvgIpc) is 3.14. The van der Waals surface area contributed by atoms with E-state index >= 15 is 0 Å². The molecule has 0 bridgehead atoms. The van der Waals surface area contributed by atoms with Gasteiger partial charge in [0.2, 0.25) is 5.91 Å². The summed E-state index contributed by atoms with van der Waals surface area (Å²) in [5.41, 5.74) is 5.09. The van der Waals surface area contributed by atoms with E-state index < -0.39 is 5.97 Å². The van der Waals surface area contributed by atoms with Gasteiger partial charge in [0, 0.05) is 6.42 Å². The number of aliphatic carboxylic acids is 1. The van der Waals surface area contributed by atoms with Crippen molar-refractivity contribution in [3.8, 4) is 0 Å². The Morgan fingerprint density at radius 1 is 0.885 bits per heavy atom. The molecule has 5 heteroatoms. The smallest absolute Gasteiger partial charge is 0.320 e. The van der Waals surface area contributed by atoms with Crippen molar-refractivity contribution in [2.75, 3.05) is 6.54 Å². The van der Waals surface area contributed by atoms with Gasteiger partial charge in [0.15, 0.2) is 0 Å². The van der Waals surface area contributed by atoms with Gasteiger partial charge >= 0.3 is 5.97 Å². The van der Waals surface area contributed by atoms with Gasteiger partial charge in [-0.1, -0.05) is 84.0 Å². The van der Waals surface area contributed by atoms with Crippen molar-refractivity contribution < 1.29 is 14.7 Å². The van der Waals surface area contributed by atoms with E-state index in [1.54, 1.807) is 0 Å². The zero-order valence-electron chi connectivity index (χ0n) is 16.9. The summed E-state index contributed by atoms with van der Waals surface area (Å²) in [6.45, 7) is 3.13. The Kier molecular flexibility index (Phi) is 17.9. The number of carboxylic acid groups (broad SMARTS) is 1. The minimum absolute atomic E-state index is 0.155. The molecule has 1 saturated heterocycles. The van der Waals surface area contributed by atoms with Crippen LogP contribution >= 0.6 is 0 Å². The highest BCUT2D eigenvalue weighted by molar-refractivity contribution is 5.73. The standard InChI is InChI=1S/C16H33NO.C5H9NO2/c1-2-3-4-5-6-7-8-9-10-11-12-13-14-15-16(17)18;7-5(8)4-2-1-3-6-4/h2-15H2,1H3,(H2,17,18);4,6H,1-3H2,(H,7,8)/t;4-/m.0/s1. The van der Waals surface area contributed by atoms with Crippen molar-refractivity contribution in [1.82, 2.24) is 5.32 Å². The highest BCUT2D eigenvalue weighted by atomic mass is 16.4. The van der Waals surface area contributed by atoms with Crippen LogP contribution in [0.2, 0.25) is 0 Å². The van der Waals surface area contributed by atoms with Gasteiger partial charge in [0.05, 0.1) is 0 Å². The molecule has 1 aliphatic rings. The Morgan fingerprint density at radius 2 is 1.35 bits per heavy atom. The lowest BCUT2D eigenvalue weighted by Crippen LogP contribution is -2.29. The molecule has 1 atom stereocenters. The molecule has 26 heavy (non-hydrogen) atoms. The summed E-state index contributed by atoms with van der Waals surface area (Å²) in [6, 6.07) is -0.269. The maximum Gasteiger partial charge on any atom is 0.320 e. The van der Waals surface area contributed by atoms with Crippen LogP contribution < -0.4 is 11.1 Å². The number of nitrogens with one attached hydrogen (secondary N) is 1. The highest BCUT2D eigenvalue weighted by Crippen LogP contribution is 2.12. The van der Waals surface area contributed by atoms with Crippen LogP contribution in [0, 0.1) is 0 Å². The first-order chi connectivity index (χ1) is 12.6. The molecule has 0 aromatic carbocycles. The van der Waals surface area contributed by atoms with Crippen molar-refractivity contribution >= 4 is 11.9 Å². The Bertz CT molecular complexity index is 342. The minimum atomic E-state index is -0.720. The molecule has 0 radical (unpaired) electrons. The quantitative estimate of drug-likeness (QED) is 0.362. The number of rotatable bonds is 15. The van der Waals surface area contributed by atoms with Crippen molar-refractivity contribution in [2.45, 2.75) is 116 Å². The van der Waals surface area contributed by atoms with E-state index in [-0.39, 0.29) is 11.9 Å². The predicted molar refractivity (Wildman–Crippen MR) is 108 cm³/mol. The van der Waals surface area contributed by atoms with Crippen LogP contribution in [0.25, 0.3) is 0 Å². The first-order valence-corrected chi connectivity index (χ1v) is 10.8. The summed E-state index contributed by atoms with van der Waals surface area (Å²) in [7, 11) is 0. The Hall–Kier alpha value is -1.10. The van der Waals surface area contributed by atoms with E-state index in [1.165, 1.54) is 77.0 Å². The topological polar surface area (TPSA) is 92.4 Å². The minimum Gasteiger partial charge on any atom is -0.480 e. The van der Waals surface area contributed by atoms with Crippen LogP contribution in [0.4, 0.5) is 0 Å². The van der Waals surface area contributed by atoms with E-state index in [0.717, 1.165) is 25.8 Å². The zero-order chi connectivity index (χ0) is 19.5. The number of nitrogens with two attached hydrogens (primary N) is 1. The number of primary amides is 1. The molecule has 0 aromatic rings. The summed E-state index contributed by atoms with van der Waals surface area (Å²) in [5.74, 6) is -0.874. The number of hydrogen-bond donors (Lipinski definition) is 3. The van der Waals surface area contributed by atoms with Gasteiger partial charge in [0.1, 0.15) is 6.04 Å². The second kappa shape index (κ2) is 18.7. The maximum atomic E-state index is 10.5. The molecule has 1 fully saturated rings. The Morgan fingerprint density at radius 3 is 1.65 bits per heavy atom. The monoisotopic (exact) mass is 370 g/mol. The van der Waals surface area contributed by atoms with Crippen molar-refractivity contribution in [3.63, 3.8) is 0 Å². The van der Waals surface area contributed by atoms with Crippen LogP contribution in [0.15, 0.2) is 0 Å². The fraction of sp³-hybridized carbons (Fsp3) is 0.905. The molecule has 154 valence electrons. The summed E-state index contributed by atoms with van der Waals surface area (Å²) in [4.78, 5) is 20.7. The molecular weight excluding hydrogens is 328 g/mol. The molecule has 0 aliphatic carbocycles. The van der Waals surface area contributed by atoms with Crippen LogP contribution in [-0.2, 0) is 9.59 Å². The summed E-state index contributed by atoms with van der Waals surface area (Å²) in [5, 5.41) is 11.2. The fourth-order valence-corrected chi connectivity index (χ4v) is 3.21. The van der Waals surface area contributed by atoms with Crippen molar-refractivity contribution in [1.29, 1.82) is 0 Å². The first-order valence-electron chi connectivity index (χ1n) is 10.8. The lowest BCUT2D eigenvalue weighted by atomic mass is 10.0. The van der Waals surface area contributed by atoms with Gasteiger partial charge in [-0.15, -0.1) is 0 Å². The molecule has 1 rings (SSSR count). The Balaban J connectivity index is 0.000000642. The van der Waals surface area contributed by atoms with Crippen LogP contribution in [-0.4, -0.2) is 29.6 Å². The molecule has 0 unspecified atom stereocenters. The predicted octanol–water partition coefficient (Wildman–Crippen LogP) is 4.78. The SMILES string of the molecule is CCCCCCCCCCCCCCCC(N)=O.O=C(O)[C@@H]1CCCN1. The van der Waals surface area contributed by atoms with E-state index in [0.29, 0.717) is 6.42 Å². The summed E-state index contributed by atoms with van der Waals surface area (Å²) < 4.78 is 0. The van der Waals surface area contributed by atoms with Gasteiger partial charge in [-0.25, -0.2) is 0 Å². The highest BCUT2D eigenvalue weighted by Gasteiger charge is 2.20. The van der Waals surface area contributed by atoms with Gasteiger partial charge in [-0.2, -0.15) is 0 Å². The molecule has 0 aromatic heterocycles. The number of carbonyl (C=O) groups excluding carboxylic acids is 1. The number of unbranched alkanes of at least 4 members (excludes halogenated alkanes) is 12. The molecule has 0 spiro atoms. The fourth-order valence-electron chi connectivity index (χ4n) is 3.21. The van der Waals surface area contributed by atoms with Gasteiger partial charge in [-0.3, -0.25) is 9.59 Å². The number of amides is 1. The first kappa shape index (κ1) is 24.9. The van der Waals surface area contributed by atoms with Crippen LogP contribution in [0.5, 0.6) is 0 Å². The second-order valence-electron chi connectivity index (χ2n) is 7.45. The maximum absolute atomic E-state index is 10.5. The third-order valence-corrected chi connectivity index (χ3v) is 4.89. The number of carboxylic acids is 1. The number of hydrogen-bond acceptors (Lipinski definition) is 3. The zero-order valence-corrected chi connectivity index (χ0v) is 16.9.